The van der Waals surface area contributed by atoms with Gasteiger partial charge in [-0.15, -0.1) is 0 Å². The highest BCUT2D eigenvalue weighted by atomic mass is 35.5. The van der Waals surface area contributed by atoms with Gasteiger partial charge >= 0.3 is 5.97 Å². The number of aromatic hydroxyl groups is 1. The van der Waals surface area contributed by atoms with E-state index in [1.54, 1.807) is 30.5 Å². The SMILES string of the molecule is Cc1cc(-n2c(C)cc(C(=O)COC(=O)c3ccc(Cl)cc3O)c2C)no1. The number of carbonyl (C=O) groups is 2. The van der Waals surface area contributed by atoms with Gasteiger partial charge in [-0.05, 0) is 45.0 Å². The fourth-order valence-corrected chi connectivity index (χ4v) is 2.99. The maximum Gasteiger partial charge on any atom is 0.342 e. The van der Waals surface area contributed by atoms with E-state index in [0.717, 1.165) is 5.69 Å². The van der Waals surface area contributed by atoms with Gasteiger partial charge in [0.05, 0.1) is 0 Å². The smallest absolute Gasteiger partial charge is 0.342 e. The third kappa shape index (κ3) is 3.73. The van der Waals surface area contributed by atoms with Gasteiger partial charge in [-0.2, -0.15) is 0 Å². The minimum atomic E-state index is -0.807. The van der Waals surface area contributed by atoms with Crippen molar-refractivity contribution < 1.29 is 24.0 Å². The zero-order valence-electron chi connectivity index (χ0n) is 14.9. The monoisotopic (exact) mass is 388 g/mol. The van der Waals surface area contributed by atoms with Crippen LogP contribution in [0.4, 0.5) is 0 Å². The molecule has 2 heterocycles. The number of rotatable bonds is 5. The van der Waals surface area contributed by atoms with Gasteiger partial charge in [-0.25, -0.2) is 4.79 Å². The molecule has 0 saturated heterocycles. The molecule has 0 unspecified atom stereocenters. The lowest BCUT2D eigenvalue weighted by Gasteiger charge is -2.07. The van der Waals surface area contributed by atoms with Crippen LogP contribution in [0.2, 0.25) is 5.02 Å². The number of benzene rings is 1. The Hall–Kier alpha value is -3.06. The zero-order valence-corrected chi connectivity index (χ0v) is 15.7. The summed E-state index contributed by atoms with van der Waals surface area (Å²) in [6.07, 6.45) is 0. The number of nitrogens with zero attached hydrogens (tertiary/aromatic N) is 2. The van der Waals surface area contributed by atoms with Crippen LogP contribution in [0.1, 0.15) is 37.9 Å². The second kappa shape index (κ2) is 7.28. The van der Waals surface area contributed by atoms with Crippen LogP contribution in [0.3, 0.4) is 0 Å². The number of Topliss-reactive ketones (excluding diaryl/α,β-unsaturated/α-hetero) is 1. The first-order chi connectivity index (χ1) is 12.8. The molecule has 2 aromatic heterocycles. The summed E-state index contributed by atoms with van der Waals surface area (Å²) in [5.41, 5.74) is 1.82. The van der Waals surface area contributed by atoms with E-state index >= 15 is 0 Å². The lowest BCUT2D eigenvalue weighted by atomic mass is 10.1. The van der Waals surface area contributed by atoms with Gasteiger partial charge in [-0.1, -0.05) is 16.8 Å². The van der Waals surface area contributed by atoms with E-state index in [1.165, 1.54) is 18.2 Å². The average Bonchev–Trinajstić information content (AvgIpc) is 3.15. The molecule has 0 atom stereocenters. The van der Waals surface area contributed by atoms with Crippen molar-refractivity contribution in [3.8, 4) is 11.6 Å². The highest BCUT2D eigenvalue weighted by Crippen LogP contribution is 2.24. The molecule has 8 heteroatoms. The van der Waals surface area contributed by atoms with Crippen LogP contribution in [0.25, 0.3) is 5.82 Å². The van der Waals surface area contributed by atoms with Crippen molar-refractivity contribution >= 4 is 23.4 Å². The molecule has 0 bridgehead atoms. The largest absolute Gasteiger partial charge is 0.507 e. The Bertz CT molecular complexity index is 1030. The summed E-state index contributed by atoms with van der Waals surface area (Å²) >= 11 is 5.74. The van der Waals surface area contributed by atoms with Crippen LogP contribution >= 0.6 is 11.6 Å². The average molecular weight is 389 g/mol. The number of hydrogen-bond donors (Lipinski definition) is 1. The Labute approximate surface area is 160 Å². The van der Waals surface area contributed by atoms with E-state index in [1.807, 2.05) is 6.92 Å². The van der Waals surface area contributed by atoms with E-state index in [9.17, 15) is 14.7 Å². The van der Waals surface area contributed by atoms with Crippen molar-refractivity contribution in [2.75, 3.05) is 6.61 Å². The molecule has 0 fully saturated rings. The van der Waals surface area contributed by atoms with Gasteiger partial charge in [0.15, 0.2) is 12.4 Å². The molecule has 0 amide bonds. The molecule has 0 saturated carbocycles. The minimum Gasteiger partial charge on any atom is -0.507 e. The zero-order chi connectivity index (χ0) is 19.7. The Morgan fingerprint density at radius 2 is 1.93 bits per heavy atom. The van der Waals surface area contributed by atoms with Gasteiger partial charge in [-0.3, -0.25) is 9.36 Å². The van der Waals surface area contributed by atoms with Crippen LogP contribution in [0.5, 0.6) is 5.75 Å². The molecule has 1 aromatic carbocycles. The van der Waals surface area contributed by atoms with Gasteiger partial charge < -0.3 is 14.4 Å². The molecular weight excluding hydrogens is 372 g/mol. The predicted molar refractivity (Wildman–Crippen MR) is 97.8 cm³/mol. The molecule has 7 nitrogen and oxygen atoms in total. The maximum atomic E-state index is 12.5. The molecule has 3 aromatic rings. The highest BCUT2D eigenvalue weighted by Gasteiger charge is 2.21. The number of halogens is 1. The molecule has 0 radical (unpaired) electrons. The number of phenolic OH excluding ortho intramolecular Hbond substituents is 1. The molecule has 1 N–H and O–H groups in total. The number of aryl methyl sites for hydroxylation is 2. The quantitative estimate of drug-likeness (QED) is 0.527. The molecule has 0 aliphatic heterocycles. The summed E-state index contributed by atoms with van der Waals surface area (Å²) in [7, 11) is 0. The first-order valence-electron chi connectivity index (χ1n) is 8.09. The second-order valence-corrected chi connectivity index (χ2v) is 6.51. The first-order valence-corrected chi connectivity index (χ1v) is 8.47. The van der Waals surface area contributed by atoms with Crippen molar-refractivity contribution in [3.05, 3.63) is 63.6 Å². The molecule has 140 valence electrons. The first kappa shape index (κ1) is 18.7. The number of carbonyl (C=O) groups excluding carboxylic acids is 2. The Morgan fingerprint density at radius 1 is 1.19 bits per heavy atom. The fraction of sp³-hybridized carbons (Fsp3) is 0.211. The number of aromatic nitrogens is 2. The highest BCUT2D eigenvalue weighted by molar-refractivity contribution is 6.30. The van der Waals surface area contributed by atoms with Gasteiger partial charge in [0.2, 0.25) is 5.78 Å². The third-order valence-electron chi connectivity index (χ3n) is 4.09. The Morgan fingerprint density at radius 3 is 2.56 bits per heavy atom. The molecule has 0 aliphatic carbocycles. The summed E-state index contributed by atoms with van der Waals surface area (Å²) in [6, 6.07) is 7.48. The van der Waals surface area contributed by atoms with E-state index in [2.05, 4.69) is 5.16 Å². The number of hydrogen-bond acceptors (Lipinski definition) is 6. The molecule has 0 spiro atoms. The van der Waals surface area contributed by atoms with E-state index < -0.39 is 12.6 Å². The normalized spacial score (nSPS) is 10.8. The summed E-state index contributed by atoms with van der Waals surface area (Å²) in [6.45, 7) is 4.94. The van der Waals surface area contributed by atoms with Gasteiger partial charge in [0.1, 0.15) is 17.1 Å². The van der Waals surface area contributed by atoms with Crippen LogP contribution < -0.4 is 0 Å². The molecule has 27 heavy (non-hydrogen) atoms. The van der Waals surface area contributed by atoms with Crippen molar-refractivity contribution in [2.24, 2.45) is 0 Å². The summed E-state index contributed by atoms with van der Waals surface area (Å²) in [4.78, 5) is 24.6. The molecule has 3 rings (SSSR count). The fourth-order valence-electron chi connectivity index (χ4n) is 2.82. The number of ketones is 1. The number of esters is 1. The molecule has 0 aliphatic rings. The summed E-state index contributed by atoms with van der Waals surface area (Å²) in [5.74, 6) is -0.249. The topological polar surface area (TPSA) is 94.6 Å². The van der Waals surface area contributed by atoms with Crippen molar-refractivity contribution in [1.29, 1.82) is 0 Å². The molecular formula is C19H17ClN2O5. The lowest BCUT2D eigenvalue weighted by molar-refractivity contribution is 0.0471. The number of ether oxygens (including phenoxy) is 1. The lowest BCUT2D eigenvalue weighted by Crippen LogP contribution is -2.15. The van der Waals surface area contributed by atoms with Crippen LogP contribution in [-0.4, -0.2) is 33.2 Å². The maximum absolute atomic E-state index is 12.5. The number of phenols is 1. The van der Waals surface area contributed by atoms with Gasteiger partial charge in [0, 0.05) is 28.0 Å². The van der Waals surface area contributed by atoms with Crippen molar-refractivity contribution in [2.45, 2.75) is 20.8 Å². The van der Waals surface area contributed by atoms with Crippen LogP contribution in [-0.2, 0) is 4.74 Å². The van der Waals surface area contributed by atoms with Crippen LogP contribution in [0.15, 0.2) is 34.9 Å². The predicted octanol–water partition coefficient (Wildman–Crippen LogP) is 3.79. The van der Waals surface area contributed by atoms with Crippen LogP contribution in [0, 0.1) is 20.8 Å². The van der Waals surface area contributed by atoms with E-state index in [-0.39, 0.29) is 22.1 Å². The third-order valence-corrected chi connectivity index (χ3v) is 4.33. The van der Waals surface area contributed by atoms with Crippen molar-refractivity contribution in [1.82, 2.24) is 9.72 Å². The standard InChI is InChI=1S/C19H17ClN2O5/c1-10-6-15(12(3)22(10)18-7-11(2)27-21-18)17(24)9-26-19(25)14-5-4-13(20)8-16(14)23/h4-8,23H,9H2,1-3H3. The summed E-state index contributed by atoms with van der Waals surface area (Å²) < 4.78 is 11.9. The van der Waals surface area contributed by atoms with E-state index in [4.69, 9.17) is 20.9 Å². The second-order valence-electron chi connectivity index (χ2n) is 6.08. The Kier molecular flexibility index (Phi) is 5.05. The Balaban J connectivity index is 1.76. The minimum absolute atomic E-state index is 0.0595. The van der Waals surface area contributed by atoms with E-state index in [0.29, 0.717) is 22.8 Å². The van der Waals surface area contributed by atoms with Gasteiger partial charge in [0.25, 0.3) is 0 Å². The van der Waals surface area contributed by atoms with Crippen molar-refractivity contribution in [3.63, 3.8) is 0 Å². The summed E-state index contributed by atoms with van der Waals surface area (Å²) in [5, 5.41) is 14.0.